The van der Waals surface area contributed by atoms with E-state index < -0.39 is 9.85 Å². The monoisotopic (exact) mass is 312 g/mol. The number of rotatable bonds is 4. The maximum atomic E-state index is 10.8. The molecule has 0 aromatic heterocycles. The normalized spacial score (nSPS) is 16.5. The standard InChI is InChI=1S/C15H12N4O4/c20-18(21)12-6-4-10(5-7-12)14-9-15(17-16-14)11-2-1-3-13(8-11)19(22)23/h1-8,14,16H,9H2/t14-/m1/s1. The van der Waals surface area contributed by atoms with Crippen molar-refractivity contribution in [2.75, 3.05) is 0 Å². The van der Waals surface area contributed by atoms with Gasteiger partial charge in [-0.2, -0.15) is 5.10 Å². The van der Waals surface area contributed by atoms with Crippen LogP contribution in [0.3, 0.4) is 0 Å². The Kier molecular flexibility index (Phi) is 3.71. The third-order valence-electron chi connectivity index (χ3n) is 3.65. The number of hydrazone groups is 1. The fraction of sp³-hybridized carbons (Fsp3) is 0.133. The molecule has 0 bridgehead atoms. The van der Waals surface area contributed by atoms with Crippen LogP contribution in [0.5, 0.6) is 0 Å². The van der Waals surface area contributed by atoms with E-state index in [2.05, 4.69) is 10.5 Å². The van der Waals surface area contributed by atoms with E-state index in [9.17, 15) is 20.2 Å². The van der Waals surface area contributed by atoms with E-state index in [4.69, 9.17) is 0 Å². The molecule has 8 nitrogen and oxygen atoms in total. The van der Waals surface area contributed by atoms with Crippen LogP contribution in [0.2, 0.25) is 0 Å². The third kappa shape index (κ3) is 3.00. The molecule has 0 fully saturated rings. The highest BCUT2D eigenvalue weighted by Gasteiger charge is 2.22. The third-order valence-corrected chi connectivity index (χ3v) is 3.65. The summed E-state index contributed by atoms with van der Waals surface area (Å²) in [5.74, 6) is 0. The summed E-state index contributed by atoms with van der Waals surface area (Å²) in [6.45, 7) is 0. The Balaban J connectivity index is 1.76. The van der Waals surface area contributed by atoms with Crippen molar-refractivity contribution < 1.29 is 9.85 Å². The minimum absolute atomic E-state index is 0.0176. The summed E-state index contributed by atoms with van der Waals surface area (Å²) in [6.07, 6.45) is 0.555. The van der Waals surface area contributed by atoms with Crippen LogP contribution >= 0.6 is 0 Å². The average molecular weight is 312 g/mol. The van der Waals surface area contributed by atoms with Crippen molar-refractivity contribution in [3.63, 3.8) is 0 Å². The van der Waals surface area contributed by atoms with E-state index in [0.717, 1.165) is 11.3 Å². The lowest BCUT2D eigenvalue weighted by atomic mass is 9.99. The van der Waals surface area contributed by atoms with Crippen LogP contribution in [0.1, 0.15) is 23.6 Å². The number of nitro benzene ring substituents is 2. The Hall–Kier alpha value is -3.29. The van der Waals surface area contributed by atoms with E-state index in [1.807, 2.05) is 0 Å². The van der Waals surface area contributed by atoms with E-state index in [1.54, 1.807) is 24.3 Å². The summed E-state index contributed by atoms with van der Waals surface area (Å²) >= 11 is 0. The van der Waals surface area contributed by atoms with Crippen molar-refractivity contribution in [2.24, 2.45) is 5.10 Å². The van der Waals surface area contributed by atoms with E-state index in [-0.39, 0.29) is 17.4 Å². The highest BCUT2D eigenvalue weighted by atomic mass is 16.6. The summed E-state index contributed by atoms with van der Waals surface area (Å²) < 4.78 is 0. The topological polar surface area (TPSA) is 111 Å². The number of non-ortho nitro benzene ring substituents is 2. The predicted molar refractivity (Wildman–Crippen MR) is 83.2 cm³/mol. The first-order valence-electron chi connectivity index (χ1n) is 6.86. The van der Waals surface area contributed by atoms with Gasteiger partial charge in [0, 0.05) is 36.2 Å². The van der Waals surface area contributed by atoms with Crippen molar-refractivity contribution in [2.45, 2.75) is 12.5 Å². The highest BCUT2D eigenvalue weighted by molar-refractivity contribution is 6.02. The molecule has 3 rings (SSSR count). The van der Waals surface area contributed by atoms with Gasteiger partial charge in [0.1, 0.15) is 0 Å². The largest absolute Gasteiger partial charge is 0.302 e. The van der Waals surface area contributed by atoms with Crippen LogP contribution in [0, 0.1) is 20.2 Å². The minimum Gasteiger partial charge on any atom is -0.302 e. The molecule has 2 aromatic carbocycles. The average Bonchev–Trinajstić information content (AvgIpc) is 3.05. The zero-order valence-electron chi connectivity index (χ0n) is 11.9. The molecule has 2 aromatic rings. The van der Waals surface area contributed by atoms with Crippen LogP contribution in [0.4, 0.5) is 11.4 Å². The molecule has 0 radical (unpaired) electrons. The molecular formula is C15H12N4O4. The predicted octanol–water partition coefficient (Wildman–Crippen LogP) is 2.94. The second-order valence-electron chi connectivity index (χ2n) is 5.10. The Morgan fingerprint density at radius 2 is 1.70 bits per heavy atom. The van der Waals surface area contributed by atoms with Crippen LogP contribution in [-0.2, 0) is 0 Å². The molecule has 0 saturated carbocycles. The van der Waals surface area contributed by atoms with Gasteiger partial charge >= 0.3 is 0 Å². The molecule has 8 heteroatoms. The molecule has 23 heavy (non-hydrogen) atoms. The number of benzene rings is 2. The molecule has 1 atom stereocenters. The molecule has 0 spiro atoms. The van der Waals surface area contributed by atoms with Gasteiger partial charge in [0.25, 0.3) is 11.4 Å². The Bertz CT molecular complexity index is 801. The van der Waals surface area contributed by atoms with Crippen molar-refractivity contribution in [1.29, 1.82) is 0 Å². The molecule has 1 N–H and O–H groups in total. The van der Waals surface area contributed by atoms with Gasteiger partial charge in [0.05, 0.1) is 21.6 Å². The quantitative estimate of drug-likeness (QED) is 0.689. The fourth-order valence-corrected chi connectivity index (χ4v) is 2.44. The molecule has 0 saturated heterocycles. The highest BCUT2D eigenvalue weighted by Crippen LogP contribution is 2.27. The van der Waals surface area contributed by atoms with Gasteiger partial charge in [-0.1, -0.05) is 24.3 Å². The van der Waals surface area contributed by atoms with Crippen LogP contribution in [0.25, 0.3) is 0 Å². The first-order valence-corrected chi connectivity index (χ1v) is 6.86. The lowest BCUT2D eigenvalue weighted by molar-refractivity contribution is -0.385. The summed E-state index contributed by atoms with van der Waals surface area (Å²) in [6, 6.07) is 12.5. The summed E-state index contributed by atoms with van der Waals surface area (Å²) in [7, 11) is 0. The first kappa shape index (κ1) is 14.6. The second kappa shape index (κ2) is 5.84. The summed E-state index contributed by atoms with van der Waals surface area (Å²) in [4.78, 5) is 20.6. The number of hydrogen-bond acceptors (Lipinski definition) is 6. The van der Waals surface area contributed by atoms with E-state index >= 15 is 0 Å². The lowest BCUT2D eigenvalue weighted by Gasteiger charge is -2.09. The molecule has 1 heterocycles. The number of nitrogens with one attached hydrogen (secondary N) is 1. The number of nitro groups is 2. The first-order chi connectivity index (χ1) is 11.0. The Morgan fingerprint density at radius 1 is 1.00 bits per heavy atom. The second-order valence-corrected chi connectivity index (χ2v) is 5.10. The van der Waals surface area contributed by atoms with Gasteiger partial charge in [-0.15, -0.1) is 0 Å². The number of nitrogens with zero attached hydrogens (tertiary/aromatic N) is 3. The number of hydrogen-bond donors (Lipinski definition) is 1. The van der Waals surface area contributed by atoms with Crippen molar-refractivity contribution >= 4 is 17.1 Å². The van der Waals surface area contributed by atoms with Crippen molar-refractivity contribution in [1.82, 2.24) is 5.43 Å². The van der Waals surface area contributed by atoms with Crippen LogP contribution in [-0.4, -0.2) is 15.6 Å². The van der Waals surface area contributed by atoms with Crippen LogP contribution < -0.4 is 5.43 Å². The van der Waals surface area contributed by atoms with Gasteiger partial charge in [0.15, 0.2) is 0 Å². The zero-order valence-corrected chi connectivity index (χ0v) is 11.9. The van der Waals surface area contributed by atoms with Crippen LogP contribution in [0.15, 0.2) is 53.6 Å². The molecule has 0 amide bonds. The molecule has 1 aliphatic heterocycles. The van der Waals surface area contributed by atoms with Gasteiger partial charge in [-0.3, -0.25) is 20.2 Å². The van der Waals surface area contributed by atoms with E-state index in [0.29, 0.717) is 12.0 Å². The molecular weight excluding hydrogens is 300 g/mol. The SMILES string of the molecule is O=[N+]([O-])c1ccc([C@H]2CC(c3cccc([N+](=O)[O-])c3)=NN2)cc1. The van der Waals surface area contributed by atoms with Gasteiger partial charge in [-0.25, -0.2) is 0 Å². The zero-order chi connectivity index (χ0) is 16.4. The maximum Gasteiger partial charge on any atom is 0.270 e. The van der Waals surface area contributed by atoms with Gasteiger partial charge in [0.2, 0.25) is 0 Å². The smallest absolute Gasteiger partial charge is 0.270 e. The Labute approximate surface area is 130 Å². The minimum atomic E-state index is -0.448. The van der Waals surface area contributed by atoms with E-state index in [1.165, 1.54) is 24.3 Å². The summed E-state index contributed by atoms with van der Waals surface area (Å²) in [5, 5.41) is 25.7. The van der Waals surface area contributed by atoms with Crippen molar-refractivity contribution in [3.8, 4) is 0 Å². The molecule has 116 valence electrons. The summed E-state index contributed by atoms with van der Waals surface area (Å²) in [5.41, 5.74) is 5.30. The Morgan fingerprint density at radius 3 is 2.35 bits per heavy atom. The molecule has 0 unspecified atom stereocenters. The van der Waals surface area contributed by atoms with Gasteiger partial charge < -0.3 is 5.43 Å². The van der Waals surface area contributed by atoms with Gasteiger partial charge in [-0.05, 0) is 5.56 Å². The molecule has 0 aliphatic carbocycles. The fourth-order valence-electron chi connectivity index (χ4n) is 2.44. The van der Waals surface area contributed by atoms with Crippen molar-refractivity contribution in [3.05, 3.63) is 79.9 Å². The molecule has 1 aliphatic rings. The maximum absolute atomic E-state index is 10.8. The lowest BCUT2D eigenvalue weighted by Crippen LogP contribution is -2.09.